The highest BCUT2D eigenvalue weighted by molar-refractivity contribution is 14.0. The first-order chi connectivity index (χ1) is 14.6. The molecule has 0 aliphatic rings. The molecule has 2 aromatic carbocycles. The van der Waals surface area contributed by atoms with Gasteiger partial charge in [-0.15, -0.1) is 35.7 Å². The topological polar surface area (TPSA) is 88.7 Å². The van der Waals surface area contributed by atoms with Gasteiger partial charge in [0.05, 0.1) is 0 Å². The number of nitrogens with two attached hydrogens (primary N) is 1. The number of aliphatic imine (C=N–C) groups is 1. The summed E-state index contributed by atoms with van der Waals surface area (Å²) in [5.74, 6) is 1.65. The molecular weight excluding hydrogens is 530 g/mol. The Balaban J connectivity index is 0.00000480. The Labute approximate surface area is 204 Å². The standard InChI is InChI=1S/C22H29FN4O2S.HI/c1-2-25-22(26-13-3-15-30-20-10-6-18(23)7-11-20)27-14-12-17-4-8-19(9-5-17)29-16-21(24)28;/h4-11H,2-3,12-16H2,1H3,(H2,24,28)(H2,25,26,27);1H. The predicted octanol–water partition coefficient (Wildman–Crippen LogP) is 3.59. The summed E-state index contributed by atoms with van der Waals surface area (Å²) in [7, 11) is 0. The molecule has 9 heteroatoms. The van der Waals surface area contributed by atoms with Gasteiger partial charge in [-0.05, 0) is 67.5 Å². The van der Waals surface area contributed by atoms with Crippen LogP contribution in [0.15, 0.2) is 58.4 Å². The third-order valence-corrected chi connectivity index (χ3v) is 5.11. The second-order valence-electron chi connectivity index (χ2n) is 6.49. The summed E-state index contributed by atoms with van der Waals surface area (Å²) >= 11 is 1.70. The molecule has 0 spiro atoms. The van der Waals surface area contributed by atoms with E-state index in [1.165, 1.54) is 12.1 Å². The van der Waals surface area contributed by atoms with Crippen LogP contribution in [-0.2, 0) is 11.2 Å². The third-order valence-electron chi connectivity index (χ3n) is 4.01. The van der Waals surface area contributed by atoms with Crippen molar-refractivity contribution in [3.05, 3.63) is 59.9 Å². The number of hydrogen-bond donors (Lipinski definition) is 3. The van der Waals surface area contributed by atoms with Crippen molar-refractivity contribution >= 4 is 47.6 Å². The number of ether oxygens (including phenoxy) is 1. The maximum Gasteiger partial charge on any atom is 0.255 e. The van der Waals surface area contributed by atoms with Crippen molar-refractivity contribution in [2.45, 2.75) is 24.7 Å². The number of benzene rings is 2. The van der Waals surface area contributed by atoms with E-state index in [9.17, 15) is 9.18 Å². The molecule has 0 saturated carbocycles. The number of nitrogens with one attached hydrogen (secondary N) is 2. The van der Waals surface area contributed by atoms with Gasteiger partial charge in [-0.2, -0.15) is 0 Å². The van der Waals surface area contributed by atoms with Crippen LogP contribution in [-0.4, -0.2) is 43.9 Å². The van der Waals surface area contributed by atoms with E-state index in [0.717, 1.165) is 54.6 Å². The Kier molecular flexibility index (Phi) is 13.7. The van der Waals surface area contributed by atoms with Crippen LogP contribution < -0.4 is 21.1 Å². The molecule has 0 heterocycles. The lowest BCUT2D eigenvalue weighted by atomic mass is 10.1. The van der Waals surface area contributed by atoms with Crippen LogP contribution in [0.4, 0.5) is 4.39 Å². The maximum atomic E-state index is 12.9. The summed E-state index contributed by atoms with van der Waals surface area (Å²) in [6.07, 6.45) is 1.77. The summed E-state index contributed by atoms with van der Waals surface area (Å²) in [6, 6.07) is 14.2. The highest BCUT2D eigenvalue weighted by Crippen LogP contribution is 2.18. The average Bonchev–Trinajstić information content (AvgIpc) is 2.74. The SMILES string of the molecule is CCNC(=NCCCSc1ccc(F)cc1)NCCc1ccc(OCC(N)=O)cc1.I. The average molecular weight is 560 g/mol. The van der Waals surface area contributed by atoms with Crippen molar-refractivity contribution < 1.29 is 13.9 Å². The zero-order valence-electron chi connectivity index (χ0n) is 17.6. The monoisotopic (exact) mass is 560 g/mol. The van der Waals surface area contributed by atoms with Crippen LogP contribution in [0.2, 0.25) is 0 Å². The molecular formula is C22H30FIN4O2S. The van der Waals surface area contributed by atoms with Gasteiger partial charge in [-0.3, -0.25) is 9.79 Å². The van der Waals surface area contributed by atoms with E-state index in [1.54, 1.807) is 23.9 Å². The zero-order valence-corrected chi connectivity index (χ0v) is 20.8. The number of primary amides is 1. The summed E-state index contributed by atoms with van der Waals surface area (Å²) in [5, 5.41) is 6.58. The molecule has 2 rings (SSSR count). The van der Waals surface area contributed by atoms with Crippen molar-refractivity contribution in [2.24, 2.45) is 10.7 Å². The lowest BCUT2D eigenvalue weighted by Gasteiger charge is -2.11. The van der Waals surface area contributed by atoms with Crippen LogP contribution in [0.3, 0.4) is 0 Å². The molecule has 0 radical (unpaired) electrons. The molecule has 1 amide bonds. The molecule has 31 heavy (non-hydrogen) atoms. The van der Waals surface area contributed by atoms with E-state index in [4.69, 9.17) is 10.5 Å². The molecule has 170 valence electrons. The summed E-state index contributed by atoms with van der Waals surface area (Å²) in [6.45, 7) is 4.17. The fraction of sp³-hybridized carbons (Fsp3) is 0.364. The normalized spacial score (nSPS) is 10.8. The van der Waals surface area contributed by atoms with Crippen LogP contribution >= 0.6 is 35.7 Å². The number of carbonyl (C=O) groups excluding carboxylic acids is 1. The van der Waals surface area contributed by atoms with Gasteiger partial charge in [0.1, 0.15) is 11.6 Å². The number of hydrogen-bond acceptors (Lipinski definition) is 4. The number of nitrogens with zero attached hydrogens (tertiary/aromatic N) is 1. The fourth-order valence-electron chi connectivity index (χ4n) is 2.55. The molecule has 0 bridgehead atoms. The predicted molar refractivity (Wildman–Crippen MR) is 136 cm³/mol. The molecule has 6 nitrogen and oxygen atoms in total. The van der Waals surface area contributed by atoms with Gasteiger partial charge in [0.2, 0.25) is 0 Å². The number of amides is 1. The summed E-state index contributed by atoms with van der Waals surface area (Å²) < 4.78 is 18.2. The summed E-state index contributed by atoms with van der Waals surface area (Å²) in [5.41, 5.74) is 6.22. The van der Waals surface area contributed by atoms with E-state index in [0.29, 0.717) is 5.75 Å². The Morgan fingerprint density at radius 3 is 2.48 bits per heavy atom. The molecule has 0 aliphatic heterocycles. The van der Waals surface area contributed by atoms with E-state index in [2.05, 4.69) is 15.6 Å². The smallest absolute Gasteiger partial charge is 0.255 e. The number of thioether (sulfide) groups is 1. The molecule has 0 aliphatic carbocycles. The van der Waals surface area contributed by atoms with Crippen molar-refractivity contribution in [2.75, 3.05) is 32.0 Å². The highest BCUT2D eigenvalue weighted by Gasteiger charge is 2.01. The maximum absolute atomic E-state index is 12.9. The minimum absolute atomic E-state index is 0. The van der Waals surface area contributed by atoms with Crippen molar-refractivity contribution in [3.8, 4) is 5.75 Å². The number of carbonyl (C=O) groups is 1. The van der Waals surface area contributed by atoms with Crippen molar-refractivity contribution in [3.63, 3.8) is 0 Å². The minimum atomic E-state index is -0.493. The fourth-order valence-corrected chi connectivity index (χ4v) is 3.39. The van der Waals surface area contributed by atoms with Crippen molar-refractivity contribution in [1.82, 2.24) is 10.6 Å². The lowest BCUT2D eigenvalue weighted by molar-refractivity contribution is -0.119. The Bertz CT molecular complexity index is 804. The first kappa shape index (κ1) is 27.0. The Morgan fingerprint density at radius 2 is 1.84 bits per heavy atom. The van der Waals surface area contributed by atoms with Crippen LogP contribution in [0.5, 0.6) is 5.75 Å². The van der Waals surface area contributed by atoms with E-state index in [1.807, 2.05) is 31.2 Å². The first-order valence-electron chi connectivity index (χ1n) is 9.97. The first-order valence-corrected chi connectivity index (χ1v) is 11.0. The van der Waals surface area contributed by atoms with Gasteiger partial charge in [-0.25, -0.2) is 4.39 Å². The second kappa shape index (κ2) is 15.7. The van der Waals surface area contributed by atoms with E-state index < -0.39 is 5.91 Å². The van der Waals surface area contributed by atoms with E-state index in [-0.39, 0.29) is 36.4 Å². The second-order valence-corrected chi connectivity index (χ2v) is 7.66. The van der Waals surface area contributed by atoms with Crippen LogP contribution in [0.25, 0.3) is 0 Å². The van der Waals surface area contributed by atoms with Gasteiger partial charge in [0, 0.05) is 24.5 Å². The Hall–Kier alpha value is -2.01. The largest absolute Gasteiger partial charge is 0.484 e. The van der Waals surface area contributed by atoms with Gasteiger partial charge >= 0.3 is 0 Å². The molecule has 0 atom stereocenters. The number of rotatable bonds is 12. The van der Waals surface area contributed by atoms with Gasteiger partial charge < -0.3 is 21.1 Å². The zero-order chi connectivity index (χ0) is 21.6. The van der Waals surface area contributed by atoms with Gasteiger partial charge in [-0.1, -0.05) is 12.1 Å². The lowest BCUT2D eigenvalue weighted by Crippen LogP contribution is -2.38. The van der Waals surface area contributed by atoms with Crippen LogP contribution in [0, 0.1) is 5.82 Å². The Morgan fingerprint density at radius 1 is 1.13 bits per heavy atom. The molecule has 0 aromatic heterocycles. The molecule has 0 unspecified atom stereocenters. The van der Waals surface area contributed by atoms with Gasteiger partial charge in [0.15, 0.2) is 12.6 Å². The van der Waals surface area contributed by atoms with Gasteiger partial charge in [0.25, 0.3) is 5.91 Å². The molecule has 2 aromatic rings. The third kappa shape index (κ3) is 11.8. The molecule has 4 N–H and O–H groups in total. The van der Waals surface area contributed by atoms with Crippen molar-refractivity contribution in [1.29, 1.82) is 0 Å². The van der Waals surface area contributed by atoms with E-state index >= 15 is 0 Å². The quantitative estimate of drug-likeness (QED) is 0.122. The summed E-state index contributed by atoms with van der Waals surface area (Å²) in [4.78, 5) is 16.4. The van der Waals surface area contributed by atoms with Crippen LogP contribution in [0.1, 0.15) is 18.9 Å². The number of halogens is 2. The molecule has 0 fully saturated rings. The molecule has 0 saturated heterocycles. The highest BCUT2D eigenvalue weighted by atomic mass is 127. The number of guanidine groups is 1. The minimum Gasteiger partial charge on any atom is -0.484 e.